The van der Waals surface area contributed by atoms with Crippen molar-refractivity contribution in [2.45, 2.75) is 0 Å². The van der Waals surface area contributed by atoms with Crippen molar-refractivity contribution in [1.29, 1.82) is 5.26 Å². The third-order valence-corrected chi connectivity index (χ3v) is 2.06. The van der Waals surface area contributed by atoms with E-state index in [0.29, 0.717) is 5.57 Å². The first-order chi connectivity index (χ1) is 7.40. The van der Waals surface area contributed by atoms with Crippen LogP contribution < -0.4 is 0 Å². The zero-order chi connectivity index (χ0) is 10.5. The van der Waals surface area contributed by atoms with E-state index >= 15 is 0 Å². The molecule has 0 amide bonds. The second kappa shape index (κ2) is 4.30. The molecule has 1 aromatic heterocycles. The predicted molar refractivity (Wildman–Crippen MR) is 58.6 cm³/mol. The molecule has 0 saturated heterocycles. The van der Waals surface area contributed by atoms with Gasteiger partial charge in [-0.25, -0.2) is 0 Å². The third kappa shape index (κ3) is 2.15. The SMILES string of the molecule is N#C/C(=C/c1ccoc1)c1ccccc1. The second-order valence-corrected chi connectivity index (χ2v) is 3.09. The normalized spacial score (nSPS) is 11.0. The molecule has 0 aliphatic carbocycles. The van der Waals surface area contributed by atoms with Crippen molar-refractivity contribution in [3.63, 3.8) is 0 Å². The number of allylic oxidation sites excluding steroid dienone is 1. The Balaban J connectivity index is 2.38. The summed E-state index contributed by atoms with van der Waals surface area (Å²) in [6, 6.07) is 13.6. The third-order valence-electron chi connectivity index (χ3n) is 2.06. The van der Waals surface area contributed by atoms with E-state index in [1.54, 1.807) is 18.6 Å². The van der Waals surface area contributed by atoms with E-state index in [1.165, 1.54) is 0 Å². The minimum atomic E-state index is 0.636. The highest BCUT2D eigenvalue weighted by atomic mass is 16.3. The van der Waals surface area contributed by atoms with Crippen LogP contribution in [0, 0.1) is 11.3 Å². The highest BCUT2D eigenvalue weighted by molar-refractivity contribution is 5.89. The number of hydrogen-bond acceptors (Lipinski definition) is 2. The molecule has 72 valence electrons. The zero-order valence-corrected chi connectivity index (χ0v) is 8.05. The van der Waals surface area contributed by atoms with Crippen LogP contribution in [0.2, 0.25) is 0 Å². The molecule has 0 fully saturated rings. The Labute approximate surface area is 88.1 Å². The van der Waals surface area contributed by atoms with Gasteiger partial charge in [-0.3, -0.25) is 0 Å². The lowest BCUT2D eigenvalue weighted by Gasteiger charge is -1.96. The number of nitriles is 1. The van der Waals surface area contributed by atoms with E-state index < -0.39 is 0 Å². The standard InChI is InChI=1S/C13H9NO/c14-9-13(8-11-6-7-15-10-11)12-4-2-1-3-5-12/h1-8,10H/b13-8-. The molecule has 0 aliphatic heterocycles. The largest absolute Gasteiger partial charge is 0.472 e. The fourth-order valence-corrected chi connectivity index (χ4v) is 1.32. The summed E-state index contributed by atoms with van der Waals surface area (Å²) in [7, 11) is 0. The van der Waals surface area contributed by atoms with Crippen LogP contribution in [0.1, 0.15) is 11.1 Å². The molecule has 0 spiro atoms. The monoisotopic (exact) mass is 195 g/mol. The molecular weight excluding hydrogens is 186 g/mol. The molecule has 0 saturated carbocycles. The highest BCUT2D eigenvalue weighted by Gasteiger charge is 1.99. The Hall–Kier alpha value is -2.27. The van der Waals surface area contributed by atoms with Gasteiger partial charge < -0.3 is 4.42 Å². The Morgan fingerprint density at radius 3 is 2.60 bits per heavy atom. The maximum atomic E-state index is 9.03. The van der Waals surface area contributed by atoms with Crippen LogP contribution >= 0.6 is 0 Å². The molecule has 0 aliphatic rings. The van der Waals surface area contributed by atoms with Crippen molar-refractivity contribution < 1.29 is 4.42 Å². The Bertz CT molecular complexity index is 489. The van der Waals surface area contributed by atoms with Crippen LogP contribution in [0.5, 0.6) is 0 Å². The topological polar surface area (TPSA) is 36.9 Å². The lowest BCUT2D eigenvalue weighted by molar-refractivity contribution is 0.567. The van der Waals surface area contributed by atoms with Crippen LogP contribution in [-0.4, -0.2) is 0 Å². The van der Waals surface area contributed by atoms with Crippen LogP contribution in [0.15, 0.2) is 53.3 Å². The number of furan rings is 1. The average molecular weight is 195 g/mol. The summed E-state index contributed by atoms with van der Waals surface area (Å²) < 4.78 is 4.94. The molecule has 2 aromatic rings. The number of hydrogen-bond donors (Lipinski definition) is 0. The minimum absolute atomic E-state index is 0.636. The molecule has 0 bridgehead atoms. The average Bonchev–Trinajstić information content (AvgIpc) is 2.80. The minimum Gasteiger partial charge on any atom is -0.472 e. The quantitative estimate of drug-likeness (QED) is 0.689. The fraction of sp³-hybridized carbons (Fsp3) is 0. The van der Waals surface area contributed by atoms with Gasteiger partial charge in [-0.1, -0.05) is 30.3 Å². The number of nitrogens with zero attached hydrogens (tertiary/aromatic N) is 1. The maximum Gasteiger partial charge on any atom is 0.0998 e. The van der Waals surface area contributed by atoms with Gasteiger partial charge in [0.05, 0.1) is 24.2 Å². The summed E-state index contributed by atoms with van der Waals surface area (Å²) in [6.45, 7) is 0. The van der Waals surface area contributed by atoms with Gasteiger partial charge in [0.15, 0.2) is 0 Å². The van der Waals surface area contributed by atoms with Crippen LogP contribution in [-0.2, 0) is 0 Å². The summed E-state index contributed by atoms with van der Waals surface area (Å²) in [5, 5.41) is 9.03. The lowest BCUT2D eigenvalue weighted by atomic mass is 10.1. The molecule has 1 aromatic carbocycles. The molecule has 0 atom stereocenters. The van der Waals surface area contributed by atoms with Crippen LogP contribution in [0.4, 0.5) is 0 Å². The van der Waals surface area contributed by atoms with E-state index in [0.717, 1.165) is 11.1 Å². The fourth-order valence-electron chi connectivity index (χ4n) is 1.32. The molecule has 2 heteroatoms. The van der Waals surface area contributed by atoms with Gasteiger partial charge in [0, 0.05) is 5.56 Å². The van der Waals surface area contributed by atoms with Crippen molar-refractivity contribution in [1.82, 2.24) is 0 Å². The number of benzene rings is 1. The Morgan fingerprint density at radius 1 is 1.20 bits per heavy atom. The van der Waals surface area contributed by atoms with Gasteiger partial charge in [-0.15, -0.1) is 0 Å². The van der Waals surface area contributed by atoms with Gasteiger partial charge in [-0.2, -0.15) is 5.26 Å². The molecule has 1 heterocycles. The first kappa shape index (κ1) is 9.29. The zero-order valence-electron chi connectivity index (χ0n) is 8.05. The molecule has 0 unspecified atom stereocenters. The lowest BCUT2D eigenvalue weighted by Crippen LogP contribution is -1.79. The molecule has 2 rings (SSSR count). The smallest absolute Gasteiger partial charge is 0.0998 e. The first-order valence-electron chi connectivity index (χ1n) is 4.59. The molecule has 15 heavy (non-hydrogen) atoms. The van der Waals surface area contributed by atoms with Crippen molar-refractivity contribution in [3.05, 3.63) is 60.1 Å². The summed E-state index contributed by atoms with van der Waals surface area (Å²) in [5.41, 5.74) is 2.45. The van der Waals surface area contributed by atoms with E-state index in [-0.39, 0.29) is 0 Å². The summed E-state index contributed by atoms with van der Waals surface area (Å²) in [6.07, 6.45) is 5.00. The highest BCUT2D eigenvalue weighted by Crippen LogP contribution is 2.17. The Kier molecular flexibility index (Phi) is 2.66. The summed E-state index contributed by atoms with van der Waals surface area (Å²) in [5.74, 6) is 0. The van der Waals surface area contributed by atoms with Gasteiger partial charge in [0.25, 0.3) is 0 Å². The maximum absolute atomic E-state index is 9.03. The van der Waals surface area contributed by atoms with Crippen molar-refractivity contribution >= 4 is 11.6 Å². The van der Waals surface area contributed by atoms with Crippen LogP contribution in [0.3, 0.4) is 0 Å². The van der Waals surface area contributed by atoms with Crippen LogP contribution in [0.25, 0.3) is 11.6 Å². The van der Waals surface area contributed by atoms with Crippen molar-refractivity contribution in [2.24, 2.45) is 0 Å². The van der Waals surface area contributed by atoms with E-state index in [4.69, 9.17) is 9.68 Å². The Morgan fingerprint density at radius 2 is 2.00 bits per heavy atom. The van der Waals surface area contributed by atoms with Crippen molar-refractivity contribution in [2.75, 3.05) is 0 Å². The first-order valence-corrected chi connectivity index (χ1v) is 4.59. The van der Waals surface area contributed by atoms with Gasteiger partial charge in [-0.05, 0) is 17.7 Å². The van der Waals surface area contributed by atoms with E-state index in [2.05, 4.69) is 6.07 Å². The molecule has 0 radical (unpaired) electrons. The summed E-state index contributed by atoms with van der Waals surface area (Å²) >= 11 is 0. The number of rotatable bonds is 2. The predicted octanol–water partition coefficient (Wildman–Crippen LogP) is 3.34. The van der Waals surface area contributed by atoms with E-state index in [1.807, 2.05) is 36.4 Å². The molecule has 0 N–H and O–H groups in total. The molecular formula is C13H9NO. The van der Waals surface area contributed by atoms with Gasteiger partial charge in [0.1, 0.15) is 0 Å². The van der Waals surface area contributed by atoms with Gasteiger partial charge >= 0.3 is 0 Å². The summed E-state index contributed by atoms with van der Waals surface area (Å²) in [4.78, 5) is 0. The second-order valence-electron chi connectivity index (χ2n) is 3.09. The van der Waals surface area contributed by atoms with Gasteiger partial charge in [0.2, 0.25) is 0 Å². The van der Waals surface area contributed by atoms with Crippen molar-refractivity contribution in [3.8, 4) is 6.07 Å². The van der Waals surface area contributed by atoms with E-state index in [9.17, 15) is 0 Å². The molecule has 2 nitrogen and oxygen atoms in total.